The standard InChI is InChI=1S/C6H6.C5H13NO.C3H8NO.CH3.W/c1-2-4-6-5-3-1;1-3-6-4-5(2)7;1-3(5)2-4;;/h1-6H;5-7H,3-4H2,1-2H3;3-5H,2H2,1H3;1H3;/q;;2*-1;+2. The molecule has 0 aromatic heterocycles. The Labute approximate surface area is 139 Å². The summed E-state index contributed by atoms with van der Waals surface area (Å²) in [5.41, 5.74) is 6.41. The molecule has 0 heterocycles. The van der Waals surface area contributed by atoms with Crippen molar-refractivity contribution in [2.45, 2.75) is 33.0 Å². The van der Waals surface area contributed by atoms with Crippen LogP contribution in [0.1, 0.15) is 20.8 Å². The molecule has 1 aromatic rings. The Balaban J connectivity index is -0.0000000925. The number of hydrogen-bond donors (Lipinski definition) is 3. The molecule has 2 unspecified atom stereocenters. The Morgan fingerprint density at radius 1 is 0.950 bits per heavy atom. The van der Waals surface area contributed by atoms with E-state index in [4.69, 9.17) is 15.9 Å². The first-order valence-electron chi connectivity index (χ1n) is 6.26. The van der Waals surface area contributed by atoms with E-state index in [-0.39, 0.29) is 41.1 Å². The van der Waals surface area contributed by atoms with Crippen LogP contribution in [-0.2, 0) is 21.1 Å². The molecular weight excluding hydrogens is 424 g/mol. The predicted octanol–water partition coefficient (Wildman–Crippen LogP) is 2.53. The van der Waals surface area contributed by atoms with Crippen molar-refractivity contribution in [2.24, 2.45) is 0 Å². The fraction of sp³-hybridized carbons (Fsp3) is 0.533. The van der Waals surface area contributed by atoms with Crippen LogP contribution in [0.15, 0.2) is 36.4 Å². The maximum absolute atomic E-state index is 8.62. The second-order valence-electron chi connectivity index (χ2n) is 3.86. The molecule has 1 aromatic carbocycles. The van der Waals surface area contributed by atoms with E-state index in [9.17, 15) is 0 Å². The number of nitrogens with one attached hydrogen (secondary N) is 2. The predicted molar refractivity (Wildman–Crippen MR) is 84.0 cm³/mol. The van der Waals surface area contributed by atoms with Crippen LogP contribution in [0.4, 0.5) is 0 Å². The first-order chi connectivity index (χ1) is 8.54. The van der Waals surface area contributed by atoms with E-state index in [0.29, 0.717) is 6.54 Å². The molecule has 0 amide bonds. The van der Waals surface area contributed by atoms with Crippen molar-refractivity contribution in [1.29, 1.82) is 0 Å². The van der Waals surface area contributed by atoms with Gasteiger partial charge in [0.2, 0.25) is 0 Å². The Bertz CT molecular complexity index is 208. The molecule has 0 spiro atoms. The average Bonchev–Trinajstić information content (AvgIpc) is 2.39. The van der Waals surface area contributed by atoms with Gasteiger partial charge in [-0.15, -0.1) is 6.54 Å². The van der Waals surface area contributed by atoms with Gasteiger partial charge in [0.05, 0.1) is 6.10 Å². The summed E-state index contributed by atoms with van der Waals surface area (Å²) in [6, 6.07) is 12.0. The molecule has 1 rings (SSSR count). The maximum atomic E-state index is 8.62. The zero-order chi connectivity index (χ0) is 14.2. The normalized spacial score (nSPS) is 11.1. The average molecular weight is 454 g/mol. The third kappa shape index (κ3) is 36.1. The number of likely N-dealkylation sites (N-methyl/N-ethyl adjacent to an activating group) is 1. The summed E-state index contributed by atoms with van der Waals surface area (Å²) in [5.74, 6) is 0. The van der Waals surface area contributed by atoms with Crippen LogP contribution in [0.2, 0.25) is 0 Å². The van der Waals surface area contributed by atoms with Gasteiger partial charge < -0.3 is 28.7 Å². The zero-order valence-corrected chi connectivity index (χ0v) is 16.0. The molecule has 0 bridgehead atoms. The van der Waals surface area contributed by atoms with Crippen LogP contribution >= 0.6 is 0 Å². The zero-order valence-electron chi connectivity index (χ0n) is 13.0. The molecule has 118 valence electrons. The number of rotatable bonds is 4. The van der Waals surface area contributed by atoms with Gasteiger partial charge in [-0.05, 0) is 20.4 Å². The van der Waals surface area contributed by atoms with Crippen LogP contribution in [-0.4, -0.2) is 42.1 Å². The molecule has 4 N–H and O–H groups in total. The van der Waals surface area contributed by atoms with Gasteiger partial charge in [-0.2, -0.15) is 0 Å². The third-order valence-electron chi connectivity index (χ3n) is 1.65. The van der Waals surface area contributed by atoms with Crippen LogP contribution in [0.25, 0.3) is 5.73 Å². The fourth-order valence-corrected chi connectivity index (χ4v) is 0.738. The maximum Gasteiger partial charge on any atom is 2.00 e. The second-order valence-corrected chi connectivity index (χ2v) is 3.86. The molecule has 0 aliphatic carbocycles. The van der Waals surface area contributed by atoms with Gasteiger partial charge >= 0.3 is 21.1 Å². The Kier molecular flexibility index (Phi) is 33.3. The van der Waals surface area contributed by atoms with Gasteiger partial charge in [0, 0.05) is 12.6 Å². The van der Waals surface area contributed by atoms with Gasteiger partial charge in [-0.3, -0.25) is 0 Å². The molecule has 5 heteroatoms. The topological polar surface area (TPSA) is 76.3 Å². The molecule has 4 nitrogen and oxygen atoms in total. The van der Waals surface area contributed by atoms with Crippen molar-refractivity contribution in [1.82, 2.24) is 5.32 Å². The smallest absolute Gasteiger partial charge is 0.675 e. The molecular formula is C15H30N2O2W. The van der Waals surface area contributed by atoms with E-state index in [1.165, 1.54) is 0 Å². The summed E-state index contributed by atoms with van der Waals surface area (Å²) in [6.07, 6.45) is -0.657. The summed E-state index contributed by atoms with van der Waals surface area (Å²) < 4.78 is 0. The SMILES string of the molecule is CC(O)C[NH-].CCNCC(C)O.[CH3-].[W+2].c1ccccc1. The quantitative estimate of drug-likeness (QED) is 0.613. The molecule has 0 fully saturated rings. The molecule has 2 atom stereocenters. The summed E-state index contributed by atoms with van der Waals surface area (Å²) >= 11 is 0. The Morgan fingerprint density at radius 2 is 1.25 bits per heavy atom. The van der Waals surface area contributed by atoms with Crippen LogP contribution in [0.3, 0.4) is 0 Å². The summed E-state index contributed by atoms with van der Waals surface area (Å²) in [4.78, 5) is 0. The molecule has 0 saturated carbocycles. The Hall–Kier alpha value is -0.252. The molecule has 0 aliphatic heterocycles. The van der Waals surface area contributed by atoms with Gasteiger partial charge in [0.25, 0.3) is 0 Å². The van der Waals surface area contributed by atoms with Crippen molar-refractivity contribution in [3.63, 3.8) is 0 Å². The second kappa shape index (κ2) is 23.8. The van der Waals surface area contributed by atoms with Crippen LogP contribution < -0.4 is 5.32 Å². The molecule has 0 saturated heterocycles. The van der Waals surface area contributed by atoms with E-state index in [0.717, 1.165) is 6.54 Å². The van der Waals surface area contributed by atoms with Gasteiger partial charge in [-0.25, -0.2) is 0 Å². The third-order valence-corrected chi connectivity index (χ3v) is 1.65. The fourth-order valence-electron chi connectivity index (χ4n) is 0.738. The minimum absolute atomic E-state index is 0. The first-order valence-corrected chi connectivity index (χ1v) is 6.26. The van der Waals surface area contributed by atoms with Gasteiger partial charge in [-0.1, -0.05) is 43.3 Å². The molecule has 20 heavy (non-hydrogen) atoms. The van der Waals surface area contributed by atoms with Crippen LogP contribution in [0.5, 0.6) is 0 Å². The first kappa shape index (κ1) is 28.0. The summed E-state index contributed by atoms with van der Waals surface area (Å²) in [6.45, 7) is 7.12. The van der Waals surface area contributed by atoms with Crippen molar-refractivity contribution >= 4 is 0 Å². The van der Waals surface area contributed by atoms with Crippen LogP contribution in [0, 0.1) is 7.43 Å². The number of benzene rings is 1. The van der Waals surface area contributed by atoms with E-state index >= 15 is 0 Å². The van der Waals surface area contributed by atoms with E-state index in [2.05, 4.69) is 5.32 Å². The summed E-state index contributed by atoms with van der Waals surface area (Å²) in [5, 5.41) is 19.8. The number of hydrogen-bond acceptors (Lipinski definition) is 3. The monoisotopic (exact) mass is 454 g/mol. The van der Waals surface area contributed by atoms with Crippen molar-refractivity contribution < 1.29 is 31.3 Å². The van der Waals surface area contributed by atoms with E-state index in [1.807, 2.05) is 43.3 Å². The van der Waals surface area contributed by atoms with Gasteiger partial charge in [0.15, 0.2) is 0 Å². The minimum Gasteiger partial charge on any atom is -0.675 e. The Morgan fingerprint density at radius 3 is 1.35 bits per heavy atom. The molecule has 0 aliphatic rings. The van der Waals surface area contributed by atoms with Crippen molar-refractivity contribution in [3.05, 3.63) is 49.6 Å². The van der Waals surface area contributed by atoms with Crippen molar-refractivity contribution in [3.8, 4) is 0 Å². The van der Waals surface area contributed by atoms with E-state index < -0.39 is 6.10 Å². The largest absolute Gasteiger partial charge is 2.00 e. The van der Waals surface area contributed by atoms with E-state index in [1.54, 1.807) is 13.8 Å². The molecule has 0 radical (unpaired) electrons. The number of aliphatic hydroxyl groups is 2. The summed E-state index contributed by atoms with van der Waals surface area (Å²) in [7, 11) is 0. The van der Waals surface area contributed by atoms with Gasteiger partial charge in [0.1, 0.15) is 0 Å². The van der Waals surface area contributed by atoms with Crippen molar-refractivity contribution in [2.75, 3.05) is 19.6 Å². The minimum atomic E-state index is -0.449. The number of aliphatic hydroxyl groups excluding tert-OH is 2.